The van der Waals surface area contributed by atoms with E-state index in [0.717, 1.165) is 11.3 Å². The number of fused-ring (bicyclic) bond motifs is 1. The van der Waals surface area contributed by atoms with E-state index in [4.69, 9.17) is 4.74 Å². The van der Waals surface area contributed by atoms with Crippen LogP contribution in [0.5, 0.6) is 5.75 Å². The largest absolute Gasteiger partial charge is 0.494 e. The van der Waals surface area contributed by atoms with Gasteiger partial charge in [-0.05, 0) is 30.7 Å². The summed E-state index contributed by atoms with van der Waals surface area (Å²) in [6.45, 7) is 2.52. The third kappa shape index (κ3) is 2.45. The Bertz CT molecular complexity index is 690. The van der Waals surface area contributed by atoms with Crippen molar-refractivity contribution >= 4 is 11.9 Å². The first-order valence-corrected chi connectivity index (χ1v) is 6.53. The molecule has 2 N–H and O–H groups in total. The molecule has 0 unspecified atom stereocenters. The fraction of sp³-hybridized carbons (Fsp3) is 0.214. The smallest absolute Gasteiger partial charge is 0.352 e. The van der Waals surface area contributed by atoms with Crippen molar-refractivity contribution in [1.29, 1.82) is 0 Å². The molecule has 2 heterocycles. The maximum absolute atomic E-state index is 11.2. The Morgan fingerprint density at radius 2 is 2.19 bits per heavy atom. The summed E-state index contributed by atoms with van der Waals surface area (Å²) in [6, 6.07) is 7.17. The molecule has 0 aliphatic carbocycles. The highest BCUT2D eigenvalue weighted by molar-refractivity contribution is 5.90. The van der Waals surface area contributed by atoms with Crippen LogP contribution in [0, 0.1) is 0 Å². The number of aromatic nitrogens is 3. The number of nitrogens with zero attached hydrogens (tertiary/aromatic N) is 3. The molecule has 0 bridgehead atoms. The normalized spacial score (nSPS) is 16.6. The van der Waals surface area contributed by atoms with Crippen molar-refractivity contribution < 1.29 is 14.6 Å². The number of anilines is 1. The van der Waals surface area contributed by atoms with E-state index >= 15 is 0 Å². The number of nitrogens with one attached hydrogen (secondary N) is 1. The van der Waals surface area contributed by atoms with Crippen molar-refractivity contribution in [1.82, 2.24) is 14.8 Å². The van der Waals surface area contributed by atoms with Crippen LogP contribution < -0.4 is 10.1 Å². The molecule has 1 aromatic carbocycles. The minimum absolute atomic E-state index is 0.0920. The molecule has 0 saturated carbocycles. The Morgan fingerprint density at radius 1 is 1.43 bits per heavy atom. The number of hydrogen-bond acceptors (Lipinski definition) is 5. The van der Waals surface area contributed by atoms with E-state index in [1.165, 1.54) is 6.33 Å². The van der Waals surface area contributed by atoms with Crippen LogP contribution in [0.15, 0.2) is 42.4 Å². The van der Waals surface area contributed by atoms with Gasteiger partial charge < -0.3 is 15.2 Å². The third-order valence-electron chi connectivity index (χ3n) is 3.17. The van der Waals surface area contributed by atoms with E-state index in [0.29, 0.717) is 12.6 Å². The number of hydrogen-bond donors (Lipinski definition) is 2. The van der Waals surface area contributed by atoms with Crippen LogP contribution in [0.2, 0.25) is 0 Å². The summed E-state index contributed by atoms with van der Waals surface area (Å²) in [5, 5.41) is 16.0. The summed E-state index contributed by atoms with van der Waals surface area (Å²) in [4.78, 5) is 15.2. The van der Waals surface area contributed by atoms with Crippen LogP contribution in [0.1, 0.15) is 18.5 Å². The molecule has 7 heteroatoms. The van der Waals surface area contributed by atoms with Gasteiger partial charge in [-0.15, -0.1) is 0 Å². The first-order valence-electron chi connectivity index (χ1n) is 6.53. The highest BCUT2D eigenvalue weighted by Crippen LogP contribution is 2.29. The first-order chi connectivity index (χ1) is 10.2. The molecule has 1 atom stereocenters. The molecule has 1 aromatic heterocycles. The van der Waals surface area contributed by atoms with Crippen molar-refractivity contribution in [3.05, 3.63) is 47.9 Å². The molecule has 3 rings (SSSR count). The molecule has 2 aromatic rings. The molecule has 0 radical (unpaired) electrons. The average Bonchev–Trinajstić information content (AvgIpc) is 2.95. The molecular formula is C14H14N4O3. The Balaban J connectivity index is 1.98. The van der Waals surface area contributed by atoms with Gasteiger partial charge in [0.2, 0.25) is 5.95 Å². The topological polar surface area (TPSA) is 89.3 Å². The van der Waals surface area contributed by atoms with Crippen LogP contribution >= 0.6 is 0 Å². The van der Waals surface area contributed by atoms with Crippen LogP contribution in [0.25, 0.3) is 0 Å². The van der Waals surface area contributed by atoms with Crippen molar-refractivity contribution in [3.8, 4) is 5.75 Å². The zero-order valence-electron chi connectivity index (χ0n) is 11.4. The Morgan fingerprint density at radius 3 is 2.86 bits per heavy atom. The van der Waals surface area contributed by atoms with E-state index in [1.54, 1.807) is 10.8 Å². The molecular weight excluding hydrogens is 272 g/mol. The number of aliphatic carboxylic acids is 1. The van der Waals surface area contributed by atoms with Crippen molar-refractivity contribution in [2.24, 2.45) is 0 Å². The number of allylic oxidation sites excluding steroid dienone is 1. The van der Waals surface area contributed by atoms with Gasteiger partial charge in [-0.3, -0.25) is 0 Å². The highest BCUT2D eigenvalue weighted by atomic mass is 16.5. The molecule has 1 aliphatic rings. The lowest BCUT2D eigenvalue weighted by Crippen LogP contribution is -2.24. The van der Waals surface area contributed by atoms with Crippen LogP contribution in [0.4, 0.5) is 5.95 Å². The minimum atomic E-state index is -1.03. The third-order valence-corrected chi connectivity index (χ3v) is 3.17. The first kappa shape index (κ1) is 13.2. The van der Waals surface area contributed by atoms with Gasteiger partial charge in [0.05, 0.1) is 6.61 Å². The van der Waals surface area contributed by atoms with Gasteiger partial charge in [0.1, 0.15) is 23.8 Å². The zero-order chi connectivity index (χ0) is 14.8. The maximum atomic E-state index is 11.2. The van der Waals surface area contributed by atoms with Crippen molar-refractivity contribution in [2.75, 3.05) is 11.9 Å². The second-order valence-electron chi connectivity index (χ2n) is 4.49. The van der Waals surface area contributed by atoms with E-state index in [2.05, 4.69) is 15.4 Å². The van der Waals surface area contributed by atoms with Gasteiger partial charge in [-0.25, -0.2) is 9.48 Å². The number of carboxylic acids is 1. The lowest BCUT2D eigenvalue weighted by molar-refractivity contribution is -0.132. The number of benzene rings is 1. The summed E-state index contributed by atoms with van der Waals surface area (Å²) >= 11 is 0. The molecule has 7 nitrogen and oxygen atoms in total. The van der Waals surface area contributed by atoms with Gasteiger partial charge >= 0.3 is 5.97 Å². The lowest BCUT2D eigenvalue weighted by atomic mass is 10.0. The van der Waals surface area contributed by atoms with E-state index in [9.17, 15) is 9.90 Å². The van der Waals surface area contributed by atoms with E-state index in [1.807, 2.05) is 31.2 Å². The molecule has 0 saturated heterocycles. The fourth-order valence-electron chi connectivity index (χ4n) is 2.22. The van der Waals surface area contributed by atoms with Gasteiger partial charge in [-0.1, -0.05) is 12.1 Å². The average molecular weight is 286 g/mol. The Kier molecular flexibility index (Phi) is 3.31. The maximum Gasteiger partial charge on any atom is 0.352 e. The molecule has 21 heavy (non-hydrogen) atoms. The van der Waals surface area contributed by atoms with Crippen LogP contribution in [-0.2, 0) is 4.79 Å². The van der Waals surface area contributed by atoms with Crippen LogP contribution in [-0.4, -0.2) is 32.4 Å². The summed E-state index contributed by atoms with van der Waals surface area (Å²) in [7, 11) is 0. The number of carboxylic acid groups (broad SMARTS) is 1. The van der Waals surface area contributed by atoms with Crippen molar-refractivity contribution in [2.45, 2.75) is 13.0 Å². The van der Waals surface area contributed by atoms with Gasteiger partial charge in [0, 0.05) is 0 Å². The Hall–Kier alpha value is -2.83. The van der Waals surface area contributed by atoms with Gasteiger partial charge in [0.25, 0.3) is 0 Å². The summed E-state index contributed by atoms with van der Waals surface area (Å²) in [5.74, 6) is 0.158. The summed E-state index contributed by atoms with van der Waals surface area (Å²) < 4.78 is 7.05. The minimum Gasteiger partial charge on any atom is -0.494 e. The quantitative estimate of drug-likeness (QED) is 0.888. The SMILES string of the molecule is CCOc1ccc([C@@H]2C=C(C(=O)O)Nc3ncnn32)cc1. The second kappa shape index (κ2) is 5.28. The lowest BCUT2D eigenvalue weighted by Gasteiger charge is -2.22. The predicted molar refractivity (Wildman–Crippen MR) is 75.1 cm³/mol. The van der Waals surface area contributed by atoms with Crippen LogP contribution in [0.3, 0.4) is 0 Å². The standard InChI is InChI=1S/C14H14N4O3/c1-2-21-10-5-3-9(4-6-10)12-7-11(13(19)20)17-14-15-8-16-18(12)14/h3-8,12H,2H2,1H3,(H,19,20)(H,15,16,17)/t12-/m0/s1. The van der Waals surface area contributed by atoms with E-state index < -0.39 is 5.97 Å². The molecule has 0 spiro atoms. The number of ether oxygens (including phenoxy) is 1. The predicted octanol–water partition coefficient (Wildman–Crippen LogP) is 1.66. The van der Waals surface area contributed by atoms with E-state index in [-0.39, 0.29) is 11.7 Å². The highest BCUT2D eigenvalue weighted by Gasteiger charge is 2.25. The monoisotopic (exact) mass is 286 g/mol. The van der Waals surface area contributed by atoms with Gasteiger partial charge in [-0.2, -0.15) is 10.1 Å². The zero-order valence-corrected chi connectivity index (χ0v) is 11.4. The Labute approximate surface area is 120 Å². The van der Waals surface area contributed by atoms with Gasteiger partial charge in [0.15, 0.2) is 0 Å². The number of carbonyl (C=O) groups is 1. The van der Waals surface area contributed by atoms with Crippen molar-refractivity contribution in [3.63, 3.8) is 0 Å². The molecule has 0 fully saturated rings. The molecule has 0 amide bonds. The fourth-order valence-corrected chi connectivity index (χ4v) is 2.22. The number of rotatable bonds is 4. The summed E-state index contributed by atoms with van der Waals surface area (Å²) in [5.41, 5.74) is 1.000. The second-order valence-corrected chi connectivity index (χ2v) is 4.49. The molecule has 108 valence electrons. The molecule has 1 aliphatic heterocycles. The summed E-state index contributed by atoms with van der Waals surface area (Å²) in [6.07, 6.45) is 3.00.